The Labute approximate surface area is 134 Å². The van der Waals surface area contributed by atoms with Gasteiger partial charge in [0.15, 0.2) is 0 Å². The Bertz CT molecular complexity index is 666. The van der Waals surface area contributed by atoms with E-state index >= 15 is 0 Å². The lowest BCUT2D eigenvalue weighted by molar-refractivity contribution is 0.0740. The summed E-state index contributed by atoms with van der Waals surface area (Å²) in [7, 11) is 0. The third-order valence-electron chi connectivity index (χ3n) is 3.76. The SMILES string of the molecule is Cc1cnc(C(=O)N2CCN(c3ccccc3Cl)CC2)cn1. The van der Waals surface area contributed by atoms with Crippen molar-refractivity contribution < 1.29 is 4.79 Å². The summed E-state index contributed by atoms with van der Waals surface area (Å²) in [5, 5.41) is 0.742. The van der Waals surface area contributed by atoms with E-state index in [1.165, 1.54) is 6.20 Å². The lowest BCUT2D eigenvalue weighted by Gasteiger charge is -2.36. The van der Waals surface area contributed by atoms with E-state index in [2.05, 4.69) is 14.9 Å². The Morgan fingerprint density at radius 3 is 2.45 bits per heavy atom. The van der Waals surface area contributed by atoms with Gasteiger partial charge in [0.1, 0.15) is 5.69 Å². The highest BCUT2D eigenvalue weighted by Gasteiger charge is 2.24. The van der Waals surface area contributed by atoms with Crippen LogP contribution < -0.4 is 4.90 Å². The van der Waals surface area contributed by atoms with E-state index in [1.54, 1.807) is 6.20 Å². The molecule has 1 fully saturated rings. The maximum atomic E-state index is 12.4. The average molecular weight is 317 g/mol. The first-order valence-electron chi connectivity index (χ1n) is 7.22. The summed E-state index contributed by atoms with van der Waals surface area (Å²) in [6.07, 6.45) is 3.16. The van der Waals surface area contributed by atoms with Gasteiger partial charge in [-0.05, 0) is 19.1 Å². The van der Waals surface area contributed by atoms with E-state index in [0.29, 0.717) is 18.8 Å². The lowest BCUT2D eigenvalue weighted by atomic mass is 10.2. The molecule has 0 aliphatic carbocycles. The van der Waals surface area contributed by atoms with Gasteiger partial charge in [-0.25, -0.2) is 4.98 Å². The molecular formula is C16H17ClN4O. The zero-order valence-electron chi connectivity index (χ0n) is 12.4. The van der Waals surface area contributed by atoms with Crippen LogP contribution in [0, 0.1) is 6.92 Å². The summed E-state index contributed by atoms with van der Waals surface area (Å²) in [6.45, 7) is 4.67. The van der Waals surface area contributed by atoms with Crippen molar-refractivity contribution in [3.8, 4) is 0 Å². The van der Waals surface area contributed by atoms with E-state index in [0.717, 1.165) is 29.5 Å². The highest BCUT2D eigenvalue weighted by atomic mass is 35.5. The molecule has 114 valence electrons. The van der Waals surface area contributed by atoms with Gasteiger partial charge in [-0.15, -0.1) is 0 Å². The van der Waals surface area contributed by atoms with Gasteiger partial charge in [0.2, 0.25) is 0 Å². The van der Waals surface area contributed by atoms with Crippen LogP contribution >= 0.6 is 11.6 Å². The van der Waals surface area contributed by atoms with Crippen molar-refractivity contribution in [2.24, 2.45) is 0 Å². The molecule has 2 aromatic rings. The number of rotatable bonds is 2. The highest BCUT2D eigenvalue weighted by Crippen LogP contribution is 2.26. The van der Waals surface area contributed by atoms with Crippen molar-refractivity contribution in [2.45, 2.75) is 6.92 Å². The normalized spacial score (nSPS) is 15.0. The van der Waals surface area contributed by atoms with E-state index in [4.69, 9.17) is 11.6 Å². The molecule has 0 bridgehead atoms. The Morgan fingerprint density at radius 1 is 1.09 bits per heavy atom. The highest BCUT2D eigenvalue weighted by molar-refractivity contribution is 6.33. The van der Waals surface area contributed by atoms with Crippen LogP contribution in [0.4, 0.5) is 5.69 Å². The number of amides is 1. The minimum absolute atomic E-state index is 0.0636. The molecule has 1 aliphatic rings. The fraction of sp³-hybridized carbons (Fsp3) is 0.312. The van der Waals surface area contributed by atoms with Gasteiger partial charge in [0.05, 0.1) is 22.6 Å². The molecule has 1 aromatic carbocycles. The standard InChI is InChI=1S/C16H17ClN4O/c1-12-10-19-14(11-18-12)16(22)21-8-6-20(7-9-21)15-5-3-2-4-13(15)17/h2-5,10-11H,6-9H2,1H3. The first kappa shape index (κ1) is 14.8. The molecule has 2 heterocycles. The molecular weight excluding hydrogens is 300 g/mol. The molecule has 22 heavy (non-hydrogen) atoms. The predicted octanol–water partition coefficient (Wildman–Crippen LogP) is 2.40. The number of benzene rings is 1. The largest absolute Gasteiger partial charge is 0.367 e. The Balaban J connectivity index is 1.65. The summed E-state index contributed by atoms with van der Waals surface area (Å²) in [4.78, 5) is 24.7. The summed E-state index contributed by atoms with van der Waals surface area (Å²) < 4.78 is 0. The molecule has 0 spiro atoms. The van der Waals surface area contributed by atoms with E-state index < -0.39 is 0 Å². The molecule has 1 aromatic heterocycles. The number of para-hydroxylation sites is 1. The second-order valence-corrected chi connectivity index (χ2v) is 5.68. The van der Waals surface area contributed by atoms with Crippen molar-refractivity contribution in [2.75, 3.05) is 31.1 Å². The zero-order valence-corrected chi connectivity index (χ0v) is 13.1. The maximum Gasteiger partial charge on any atom is 0.274 e. The molecule has 1 amide bonds. The van der Waals surface area contributed by atoms with Crippen LogP contribution in [0.1, 0.15) is 16.2 Å². The van der Waals surface area contributed by atoms with Gasteiger partial charge in [-0.1, -0.05) is 23.7 Å². The Hall–Kier alpha value is -2.14. The van der Waals surface area contributed by atoms with Crippen LogP contribution in [0.5, 0.6) is 0 Å². The summed E-state index contributed by atoms with van der Waals surface area (Å²) in [6, 6.07) is 7.78. The topological polar surface area (TPSA) is 49.3 Å². The number of halogens is 1. The number of aromatic nitrogens is 2. The number of hydrogen-bond acceptors (Lipinski definition) is 4. The average Bonchev–Trinajstić information content (AvgIpc) is 2.56. The molecule has 0 radical (unpaired) electrons. The second-order valence-electron chi connectivity index (χ2n) is 5.27. The molecule has 3 rings (SSSR count). The molecule has 0 atom stereocenters. The number of anilines is 1. The van der Waals surface area contributed by atoms with E-state index in [-0.39, 0.29) is 5.91 Å². The molecule has 0 unspecified atom stereocenters. The van der Waals surface area contributed by atoms with Crippen LogP contribution in [-0.4, -0.2) is 47.0 Å². The Kier molecular flexibility index (Phi) is 4.24. The van der Waals surface area contributed by atoms with Crippen LogP contribution in [0.3, 0.4) is 0 Å². The molecule has 0 N–H and O–H groups in total. The Morgan fingerprint density at radius 2 is 1.82 bits per heavy atom. The third-order valence-corrected chi connectivity index (χ3v) is 4.08. The van der Waals surface area contributed by atoms with Crippen LogP contribution in [0.2, 0.25) is 5.02 Å². The third kappa shape index (κ3) is 3.04. The molecule has 6 heteroatoms. The zero-order chi connectivity index (χ0) is 15.5. The number of piperazine rings is 1. The van der Waals surface area contributed by atoms with Gasteiger partial charge >= 0.3 is 0 Å². The summed E-state index contributed by atoms with van der Waals surface area (Å²) in [5.41, 5.74) is 2.23. The van der Waals surface area contributed by atoms with Crippen molar-refractivity contribution in [1.29, 1.82) is 0 Å². The van der Waals surface area contributed by atoms with Crippen molar-refractivity contribution in [3.05, 3.63) is 53.1 Å². The lowest BCUT2D eigenvalue weighted by Crippen LogP contribution is -2.49. The summed E-state index contributed by atoms with van der Waals surface area (Å²) in [5.74, 6) is -0.0636. The van der Waals surface area contributed by atoms with Crippen LogP contribution in [0.25, 0.3) is 0 Å². The fourth-order valence-corrected chi connectivity index (χ4v) is 2.78. The van der Waals surface area contributed by atoms with Crippen molar-refractivity contribution in [3.63, 3.8) is 0 Å². The molecule has 1 saturated heterocycles. The number of nitrogens with zero attached hydrogens (tertiary/aromatic N) is 4. The molecule has 5 nitrogen and oxygen atoms in total. The van der Waals surface area contributed by atoms with Gasteiger partial charge in [0, 0.05) is 32.4 Å². The van der Waals surface area contributed by atoms with Gasteiger partial charge < -0.3 is 9.80 Å². The van der Waals surface area contributed by atoms with Crippen molar-refractivity contribution in [1.82, 2.24) is 14.9 Å². The van der Waals surface area contributed by atoms with Crippen molar-refractivity contribution >= 4 is 23.2 Å². The van der Waals surface area contributed by atoms with Gasteiger partial charge in [-0.3, -0.25) is 9.78 Å². The summed E-state index contributed by atoms with van der Waals surface area (Å²) >= 11 is 6.23. The number of carbonyl (C=O) groups excluding carboxylic acids is 1. The quantitative estimate of drug-likeness (QED) is 0.853. The fourth-order valence-electron chi connectivity index (χ4n) is 2.52. The molecule has 0 saturated carbocycles. The minimum Gasteiger partial charge on any atom is -0.367 e. The van der Waals surface area contributed by atoms with E-state index in [9.17, 15) is 4.79 Å². The number of hydrogen-bond donors (Lipinski definition) is 0. The predicted molar refractivity (Wildman–Crippen MR) is 86.3 cm³/mol. The number of aryl methyl sites for hydroxylation is 1. The first-order valence-corrected chi connectivity index (χ1v) is 7.60. The smallest absolute Gasteiger partial charge is 0.274 e. The van der Waals surface area contributed by atoms with Crippen LogP contribution in [0.15, 0.2) is 36.7 Å². The maximum absolute atomic E-state index is 12.4. The number of carbonyl (C=O) groups is 1. The van der Waals surface area contributed by atoms with Gasteiger partial charge in [0.25, 0.3) is 5.91 Å². The second kappa shape index (κ2) is 6.32. The first-order chi connectivity index (χ1) is 10.6. The molecule has 1 aliphatic heterocycles. The van der Waals surface area contributed by atoms with E-state index in [1.807, 2.05) is 36.1 Å². The monoisotopic (exact) mass is 316 g/mol. The van der Waals surface area contributed by atoms with Crippen LogP contribution in [-0.2, 0) is 0 Å². The van der Waals surface area contributed by atoms with Gasteiger partial charge in [-0.2, -0.15) is 0 Å². The minimum atomic E-state index is -0.0636.